The fourth-order valence-electron chi connectivity index (χ4n) is 1.30. The van der Waals surface area contributed by atoms with Gasteiger partial charge in [-0.25, -0.2) is 4.79 Å². The molecule has 1 atom stereocenters. The summed E-state index contributed by atoms with van der Waals surface area (Å²) in [7, 11) is 0. The van der Waals surface area contributed by atoms with Gasteiger partial charge in [-0.3, -0.25) is 0 Å². The number of ether oxygens (including phenoxy) is 1. The van der Waals surface area contributed by atoms with Gasteiger partial charge in [0.15, 0.2) is 0 Å². The zero-order chi connectivity index (χ0) is 13.1. The number of hydrogen-bond acceptors (Lipinski definition) is 2. The van der Waals surface area contributed by atoms with E-state index in [1.54, 1.807) is 6.07 Å². The van der Waals surface area contributed by atoms with Crippen molar-refractivity contribution in [3.63, 3.8) is 0 Å². The fraction of sp³-hybridized carbons (Fsp3) is 0.364. The van der Waals surface area contributed by atoms with Gasteiger partial charge in [0.2, 0.25) is 4.32 Å². The highest BCUT2D eigenvalue weighted by Crippen LogP contribution is 2.47. The molecule has 0 aliphatic rings. The fourth-order valence-corrected chi connectivity index (χ4v) is 1.67. The number of hydrogen-bond donors (Lipinski definition) is 0. The van der Waals surface area contributed by atoms with Crippen LogP contribution in [0.5, 0.6) is 0 Å². The summed E-state index contributed by atoms with van der Waals surface area (Å²) in [6.07, 6.45) is -4.78. The van der Waals surface area contributed by atoms with Crippen LogP contribution in [0.3, 0.4) is 0 Å². The zero-order valence-corrected chi connectivity index (χ0v) is 10.5. The summed E-state index contributed by atoms with van der Waals surface area (Å²) in [6, 6.07) is 6.86. The molecule has 0 fully saturated rings. The first-order chi connectivity index (χ1) is 7.84. The van der Waals surface area contributed by atoms with Crippen molar-refractivity contribution in [2.75, 3.05) is 6.61 Å². The van der Waals surface area contributed by atoms with Crippen molar-refractivity contribution in [2.24, 2.45) is 0 Å². The van der Waals surface area contributed by atoms with Gasteiger partial charge >= 0.3 is 12.1 Å². The first-order valence-corrected chi connectivity index (χ1v) is 5.61. The Kier molecular flexibility index (Phi) is 4.19. The normalized spacial score (nSPS) is 15.1. The van der Waals surface area contributed by atoms with Gasteiger partial charge in [-0.15, -0.1) is 0 Å². The summed E-state index contributed by atoms with van der Waals surface area (Å²) in [4.78, 5) is 11.5. The number of halogens is 4. The van der Waals surface area contributed by atoms with Crippen LogP contribution in [0, 0.1) is 0 Å². The number of carbonyl (C=O) groups excluding carboxylic acids is 1. The third-order valence-electron chi connectivity index (χ3n) is 2.12. The number of rotatable bonds is 3. The van der Waals surface area contributed by atoms with Crippen molar-refractivity contribution in [3.8, 4) is 0 Å². The van der Waals surface area contributed by atoms with Crippen molar-refractivity contribution in [1.82, 2.24) is 0 Å². The Hall–Kier alpha value is -1.04. The van der Waals surface area contributed by atoms with Gasteiger partial charge in [-0.2, -0.15) is 13.2 Å². The molecule has 0 amide bonds. The van der Waals surface area contributed by atoms with E-state index in [-0.39, 0.29) is 12.2 Å². The summed E-state index contributed by atoms with van der Waals surface area (Å²) in [5.41, 5.74) is -0.203. The van der Waals surface area contributed by atoms with E-state index >= 15 is 0 Å². The second kappa shape index (κ2) is 5.08. The van der Waals surface area contributed by atoms with Gasteiger partial charge in [0, 0.05) is 0 Å². The number of benzene rings is 1. The van der Waals surface area contributed by atoms with Crippen LogP contribution in [0.1, 0.15) is 12.5 Å². The highest BCUT2D eigenvalue weighted by molar-refractivity contribution is 9.10. The number of carbonyl (C=O) groups is 1. The van der Waals surface area contributed by atoms with Gasteiger partial charge in [-0.1, -0.05) is 46.3 Å². The molecule has 94 valence electrons. The van der Waals surface area contributed by atoms with Crippen LogP contribution in [0.2, 0.25) is 0 Å². The molecular formula is C11H10BrF3O2. The lowest BCUT2D eigenvalue weighted by atomic mass is 9.98. The summed E-state index contributed by atoms with van der Waals surface area (Å²) in [5, 5.41) is 0. The number of esters is 1. The first kappa shape index (κ1) is 14.0. The maximum Gasteiger partial charge on any atom is 0.418 e. The Morgan fingerprint density at radius 1 is 1.29 bits per heavy atom. The molecule has 2 nitrogen and oxygen atoms in total. The van der Waals surface area contributed by atoms with Crippen LogP contribution in [0.15, 0.2) is 30.3 Å². The highest BCUT2D eigenvalue weighted by atomic mass is 79.9. The maximum absolute atomic E-state index is 13.0. The third kappa shape index (κ3) is 2.62. The molecule has 0 saturated carbocycles. The Balaban J connectivity index is 3.26. The van der Waals surface area contributed by atoms with Crippen molar-refractivity contribution < 1.29 is 22.7 Å². The third-order valence-corrected chi connectivity index (χ3v) is 3.35. The molecule has 0 saturated heterocycles. The lowest BCUT2D eigenvalue weighted by Gasteiger charge is -2.28. The molecule has 0 aliphatic carbocycles. The van der Waals surface area contributed by atoms with E-state index in [0.29, 0.717) is 0 Å². The van der Waals surface area contributed by atoms with Crippen molar-refractivity contribution in [2.45, 2.75) is 17.4 Å². The highest BCUT2D eigenvalue weighted by Gasteiger charge is 2.61. The van der Waals surface area contributed by atoms with Gasteiger partial charge < -0.3 is 4.74 Å². The zero-order valence-electron chi connectivity index (χ0n) is 8.92. The monoisotopic (exact) mass is 310 g/mol. The van der Waals surface area contributed by atoms with E-state index in [9.17, 15) is 18.0 Å². The van der Waals surface area contributed by atoms with E-state index in [1.807, 2.05) is 0 Å². The van der Waals surface area contributed by atoms with E-state index in [0.717, 1.165) is 0 Å². The second-order valence-electron chi connectivity index (χ2n) is 3.24. The van der Waals surface area contributed by atoms with Crippen molar-refractivity contribution >= 4 is 21.9 Å². The molecular weight excluding hydrogens is 301 g/mol. The Bertz CT molecular complexity index is 391. The van der Waals surface area contributed by atoms with Gasteiger partial charge in [-0.05, 0) is 12.5 Å². The molecule has 0 N–H and O–H groups in total. The molecule has 1 rings (SSSR count). The minimum atomic E-state index is -4.78. The maximum atomic E-state index is 13.0. The molecule has 0 bridgehead atoms. The van der Waals surface area contributed by atoms with Crippen molar-refractivity contribution in [3.05, 3.63) is 35.9 Å². The van der Waals surface area contributed by atoms with E-state index in [2.05, 4.69) is 20.7 Å². The van der Waals surface area contributed by atoms with E-state index < -0.39 is 16.5 Å². The SMILES string of the molecule is CCOC(=O)C(Br)(c1ccccc1)C(F)(F)F. The molecule has 17 heavy (non-hydrogen) atoms. The van der Waals surface area contributed by atoms with E-state index in [4.69, 9.17) is 0 Å². The molecule has 6 heteroatoms. The van der Waals surface area contributed by atoms with Gasteiger partial charge in [0.1, 0.15) is 0 Å². The summed E-state index contributed by atoms with van der Waals surface area (Å²) < 4.78 is 40.7. The predicted octanol–water partition coefficient (Wildman–Crippen LogP) is 3.40. The molecule has 1 aromatic carbocycles. The topological polar surface area (TPSA) is 26.3 Å². The van der Waals surface area contributed by atoms with Crippen LogP contribution in [-0.2, 0) is 13.9 Å². The lowest BCUT2D eigenvalue weighted by Crippen LogP contribution is -2.45. The minimum absolute atomic E-state index is 0.116. The standard InChI is InChI=1S/C11H10BrF3O2/c1-2-17-9(16)10(12,11(13,14)15)8-6-4-3-5-7-8/h3-7H,2H2,1H3. The van der Waals surface area contributed by atoms with Crippen LogP contribution >= 0.6 is 15.9 Å². The first-order valence-electron chi connectivity index (χ1n) is 4.82. The molecule has 0 spiro atoms. The van der Waals surface area contributed by atoms with Crippen LogP contribution in [0.4, 0.5) is 13.2 Å². The molecule has 0 heterocycles. The predicted molar refractivity (Wildman–Crippen MR) is 59.7 cm³/mol. The molecule has 0 aromatic heterocycles. The molecule has 0 radical (unpaired) electrons. The summed E-state index contributed by atoms with van der Waals surface area (Å²) >= 11 is 2.48. The second-order valence-corrected chi connectivity index (χ2v) is 4.43. The minimum Gasteiger partial charge on any atom is -0.464 e. The van der Waals surface area contributed by atoms with Crippen LogP contribution in [0.25, 0.3) is 0 Å². The Morgan fingerprint density at radius 2 is 1.82 bits per heavy atom. The molecule has 0 aliphatic heterocycles. The summed E-state index contributed by atoms with van der Waals surface area (Å²) in [6.45, 7) is 1.34. The van der Waals surface area contributed by atoms with Crippen LogP contribution < -0.4 is 0 Å². The average molecular weight is 311 g/mol. The quantitative estimate of drug-likeness (QED) is 0.632. The van der Waals surface area contributed by atoms with E-state index in [1.165, 1.54) is 31.2 Å². The Morgan fingerprint density at radius 3 is 2.24 bits per heavy atom. The lowest BCUT2D eigenvalue weighted by molar-refractivity contribution is -0.187. The van der Waals surface area contributed by atoms with Gasteiger partial charge in [0.05, 0.1) is 6.61 Å². The largest absolute Gasteiger partial charge is 0.464 e. The summed E-state index contributed by atoms with van der Waals surface area (Å²) in [5.74, 6) is -1.36. The van der Waals surface area contributed by atoms with Gasteiger partial charge in [0.25, 0.3) is 0 Å². The molecule has 1 aromatic rings. The smallest absolute Gasteiger partial charge is 0.418 e. The van der Waals surface area contributed by atoms with Crippen molar-refractivity contribution in [1.29, 1.82) is 0 Å². The molecule has 1 unspecified atom stereocenters. The number of alkyl halides is 4. The average Bonchev–Trinajstić information content (AvgIpc) is 2.28. The Labute approximate surface area is 105 Å². The van der Waals surface area contributed by atoms with Crippen LogP contribution in [-0.4, -0.2) is 18.8 Å².